The molecule has 1 N–H and O–H groups in total. The molecule has 0 fully saturated rings. The van der Waals surface area contributed by atoms with Crippen LogP contribution in [0.2, 0.25) is 0 Å². The Kier molecular flexibility index (Phi) is 5.46. The highest BCUT2D eigenvalue weighted by atomic mass is 31.2. The summed E-state index contributed by atoms with van der Waals surface area (Å²) >= 11 is 0. The Balaban J connectivity index is 2.04. The third kappa shape index (κ3) is 4.79. The molecular weight excluding hydrogens is 305 g/mol. The van der Waals surface area contributed by atoms with Crippen molar-refractivity contribution in [2.45, 2.75) is 12.5 Å². The Morgan fingerprint density at radius 1 is 1.41 bits per heavy atom. The molecule has 1 aromatic carbocycles. The van der Waals surface area contributed by atoms with Crippen molar-refractivity contribution in [1.82, 2.24) is 5.09 Å². The minimum Gasteiger partial charge on any atom is -0.468 e. The summed E-state index contributed by atoms with van der Waals surface area (Å²) in [6, 6.07) is 7.97. The molecule has 0 aromatic heterocycles. The number of aliphatic imine (C=N–C) groups is 2. The zero-order valence-electron chi connectivity index (χ0n) is 12.4. The maximum atomic E-state index is 12.6. The van der Waals surface area contributed by atoms with Gasteiger partial charge in [-0.15, -0.1) is 0 Å². The molecule has 0 radical (unpaired) electrons. The van der Waals surface area contributed by atoms with Gasteiger partial charge in [0.15, 0.2) is 0 Å². The number of nitrogens with one attached hydrogen (secondary N) is 1. The first-order valence-electron chi connectivity index (χ1n) is 6.72. The van der Waals surface area contributed by atoms with Crippen molar-refractivity contribution in [1.29, 1.82) is 0 Å². The zero-order valence-corrected chi connectivity index (χ0v) is 13.3. The summed E-state index contributed by atoms with van der Waals surface area (Å²) in [4.78, 5) is 19.9. The van der Waals surface area contributed by atoms with E-state index in [-0.39, 0.29) is 6.42 Å². The van der Waals surface area contributed by atoms with E-state index in [0.717, 1.165) is 5.71 Å². The molecule has 0 saturated heterocycles. The lowest BCUT2D eigenvalue weighted by Crippen LogP contribution is -2.38. The van der Waals surface area contributed by atoms with Crippen molar-refractivity contribution < 1.29 is 18.6 Å². The summed E-state index contributed by atoms with van der Waals surface area (Å²) in [5, 5.41) is 2.74. The van der Waals surface area contributed by atoms with E-state index in [9.17, 15) is 9.36 Å². The van der Waals surface area contributed by atoms with E-state index in [4.69, 9.17) is 9.26 Å². The zero-order chi connectivity index (χ0) is 16.0. The maximum absolute atomic E-state index is 12.6. The van der Waals surface area contributed by atoms with Crippen LogP contribution >= 0.6 is 7.52 Å². The maximum Gasteiger partial charge on any atom is 0.323 e. The highest BCUT2D eigenvalue weighted by molar-refractivity contribution is 7.56. The molecule has 0 bridgehead atoms. The Morgan fingerprint density at radius 2 is 2.14 bits per heavy atom. The number of benzene rings is 1. The first-order chi connectivity index (χ1) is 10.5. The summed E-state index contributed by atoms with van der Waals surface area (Å²) in [7, 11) is -1.96. The van der Waals surface area contributed by atoms with E-state index < -0.39 is 19.5 Å². The summed E-state index contributed by atoms with van der Waals surface area (Å²) in [5.74, 6) is -0.0562. The standard InChI is InChI=1S/C14H18N3O4P/c1-20-14(18)13(8-11-9-15-10-16-11)17-22(2,19)21-12-6-4-3-5-7-12/h3-7,10,13H,8-9H2,1-2H3,(H,17,19)/t13-,22?/m0/s1. The number of nitrogens with zero attached hydrogens (tertiary/aromatic N) is 2. The average molecular weight is 323 g/mol. The van der Waals surface area contributed by atoms with Gasteiger partial charge in [0.2, 0.25) is 0 Å². The molecule has 0 spiro atoms. The number of carbonyl (C=O) groups excluding carboxylic acids is 1. The van der Waals surface area contributed by atoms with E-state index in [1.54, 1.807) is 24.3 Å². The quantitative estimate of drug-likeness (QED) is 0.611. The van der Waals surface area contributed by atoms with Gasteiger partial charge in [-0.3, -0.25) is 14.4 Å². The first kappa shape index (κ1) is 16.4. The van der Waals surface area contributed by atoms with Gasteiger partial charge in [-0.1, -0.05) is 18.2 Å². The third-order valence-electron chi connectivity index (χ3n) is 2.93. The summed E-state index contributed by atoms with van der Waals surface area (Å²) in [5.41, 5.74) is 0.725. The first-order valence-corrected chi connectivity index (χ1v) is 8.79. The molecular formula is C14H18N3O4P. The molecule has 0 aliphatic carbocycles. The number of hydrogen-bond donors (Lipinski definition) is 1. The third-order valence-corrected chi connectivity index (χ3v) is 4.27. The van der Waals surface area contributed by atoms with Crippen LogP contribution in [0.4, 0.5) is 0 Å². The van der Waals surface area contributed by atoms with E-state index >= 15 is 0 Å². The van der Waals surface area contributed by atoms with Crippen LogP contribution in [0.25, 0.3) is 0 Å². The highest BCUT2D eigenvalue weighted by Crippen LogP contribution is 2.39. The van der Waals surface area contributed by atoms with Crippen molar-refractivity contribution in [3.8, 4) is 5.75 Å². The smallest absolute Gasteiger partial charge is 0.323 e. The number of rotatable bonds is 7. The molecule has 22 heavy (non-hydrogen) atoms. The topological polar surface area (TPSA) is 89.4 Å². The Bertz CT molecular complexity index is 630. The number of ether oxygens (including phenoxy) is 1. The van der Waals surface area contributed by atoms with Crippen molar-refractivity contribution in [2.75, 3.05) is 20.3 Å². The number of hydrogen-bond acceptors (Lipinski definition) is 6. The monoisotopic (exact) mass is 323 g/mol. The normalized spacial score (nSPS) is 17.5. The molecule has 2 atom stereocenters. The van der Waals surface area contributed by atoms with Crippen LogP contribution in [-0.2, 0) is 14.1 Å². The summed E-state index contributed by atoms with van der Waals surface area (Å²) in [6.45, 7) is 1.85. The van der Waals surface area contributed by atoms with Gasteiger partial charge in [-0.2, -0.15) is 0 Å². The summed E-state index contributed by atoms with van der Waals surface area (Å²) in [6.07, 6.45) is 1.71. The predicted molar refractivity (Wildman–Crippen MR) is 85.0 cm³/mol. The van der Waals surface area contributed by atoms with Gasteiger partial charge in [0.1, 0.15) is 18.1 Å². The Hall–Kier alpha value is -1.98. The van der Waals surface area contributed by atoms with E-state index in [2.05, 4.69) is 15.1 Å². The minimum atomic E-state index is -3.24. The molecule has 8 heteroatoms. The number of esters is 1. The van der Waals surface area contributed by atoms with E-state index in [1.807, 2.05) is 6.07 Å². The van der Waals surface area contributed by atoms with Crippen LogP contribution in [0.15, 0.2) is 40.3 Å². The van der Waals surface area contributed by atoms with Gasteiger partial charge < -0.3 is 9.26 Å². The van der Waals surface area contributed by atoms with Crippen LogP contribution < -0.4 is 9.61 Å². The van der Waals surface area contributed by atoms with Crippen molar-refractivity contribution in [3.05, 3.63) is 30.3 Å². The Labute approximate surface area is 129 Å². The van der Waals surface area contributed by atoms with Crippen molar-refractivity contribution in [2.24, 2.45) is 9.98 Å². The van der Waals surface area contributed by atoms with Crippen molar-refractivity contribution in [3.63, 3.8) is 0 Å². The molecule has 1 heterocycles. The SMILES string of the molecule is COC(=O)[C@H](CC1=NC=NC1)NP(C)(=O)Oc1ccccc1. The number of para-hydroxylation sites is 1. The van der Waals surface area contributed by atoms with Gasteiger partial charge in [0.05, 0.1) is 13.7 Å². The fourth-order valence-corrected chi connectivity index (χ4v) is 3.32. The molecule has 1 aliphatic rings. The summed E-state index contributed by atoms with van der Waals surface area (Å²) < 4.78 is 22.8. The molecule has 118 valence electrons. The van der Waals surface area contributed by atoms with Crippen molar-refractivity contribution >= 4 is 25.5 Å². The minimum absolute atomic E-state index is 0.267. The second-order valence-electron chi connectivity index (χ2n) is 4.81. The molecule has 2 rings (SSSR count). The lowest BCUT2D eigenvalue weighted by molar-refractivity contribution is -0.142. The predicted octanol–water partition coefficient (Wildman–Crippen LogP) is 1.89. The fraction of sp³-hybridized carbons (Fsp3) is 0.357. The second kappa shape index (κ2) is 7.33. The molecule has 1 aromatic rings. The Morgan fingerprint density at radius 3 is 2.73 bits per heavy atom. The van der Waals surface area contributed by atoms with Crippen LogP contribution in [0, 0.1) is 0 Å². The second-order valence-corrected chi connectivity index (χ2v) is 6.94. The van der Waals surface area contributed by atoms with Crippen LogP contribution in [0.1, 0.15) is 6.42 Å². The number of methoxy groups -OCH3 is 1. The molecule has 0 amide bonds. The number of carbonyl (C=O) groups is 1. The van der Waals surface area contributed by atoms with Gasteiger partial charge in [-0.25, -0.2) is 10.1 Å². The highest BCUT2D eigenvalue weighted by Gasteiger charge is 2.29. The molecule has 1 aliphatic heterocycles. The van der Waals surface area contributed by atoms with Gasteiger partial charge in [-0.05, 0) is 12.1 Å². The lowest BCUT2D eigenvalue weighted by Gasteiger charge is -2.22. The van der Waals surface area contributed by atoms with Gasteiger partial charge in [0.25, 0.3) is 0 Å². The largest absolute Gasteiger partial charge is 0.468 e. The van der Waals surface area contributed by atoms with Crippen LogP contribution in [0.3, 0.4) is 0 Å². The van der Waals surface area contributed by atoms with Crippen LogP contribution in [0.5, 0.6) is 5.75 Å². The average Bonchev–Trinajstić information content (AvgIpc) is 2.99. The fourth-order valence-electron chi connectivity index (χ4n) is 1.98. The van der Waals surface area contributed by atoms with Gasteiger partial charge >= 0.3 is 13.5 Å². The molecule has 7 nitrogen and oxygen atoms in total. The van der Waals surface area contributed by atoms with E-state index in [0.29, 0.717) is 12.3 Å². The van der Waals surface area contributed by atoms with Gasteiger partial charge in [0, 0.05) is 18.8 Å². The lowest BCUT2D eigenvalue weighted by atomic mass is 10.1. The molecule has 0 saturated carbocycles. The van der Waals surface area contributed by atoms with E-state index in [1.165, 1.54) is 20.1 Å². The molecule has 1 unspecified atom stereocenters. The van der Waals surface area contributed by atoms with Crippen LogP contribution in [-0.4, -0.2) is 44.4 Å².